The molecule has 0 aliphatic rings. The first-order valence-corrected chi connectivity index (χ1v) is 4.49. The van der Waals surface area contributed by atoms with Gasteiger partial charge in [0.25, 0.3) is 0 Å². The topological polar surface area (TPSA) is 62.7 Å². The van der Waals surface area contributed by atoms with Crippen molar-refractivity contribution in [1.29, 1.82) is 5.26 Å². The number of halogens is 2. The average Bonchev–Trinajstić information content (AvgIpc) is 2.18. The zero-order valence-electron chi connectivity index (χ0n) is 8.96. The van der Waals surface area contributed by atoms with E-state index in [1.807, 2.05) is 25.1 Å². The molecule has 0 amide bonds. The molecule has 0 aliphatic carbocycles. The number of hydrogen-bond acceptors (Lipinski definition) is 3. The van der Waals surface area contributed by atoms with Crippen LogP contribution in [0.15, 0.2) is 24.5 Å². The van der Waals surface area contributed by atoms with E-state index in [-0.39, 0.29) is 30.9 Å². The van der Waals surface area contributed by atoms with E-state index in [1.54, 1.807) is 18.5 Å². The van der Waals surface area contributed by atoms with Crippen LogP contribution in [0.4, 0.5) is 0 Å². The fraction of sp³-hybridized carbons (Fsp3) is 0.273. The van der Waals surface area contributed by atoms with Crippen LogP contribution in [0.5, 0.6) is 0 Å². The van der Waals surface area contributed by atoms with E-state index in [1.165, 1.54) is 0 Å². The minimum Gasteiger partial charge on any atom is -0.328 e. The van der Waals surface area contributed by atoms with Crippen LogP contribution in [-0.4, -0.2) is 11.0 Å². The predicted octanol–water partition coefficient (Wildman–Crippen LogP) is 2.55. The van der Waals surface area contributed by atoms with Crippen LogP contribution in [0, 0.1) is 11.3 Å². The molecule has 0 fully saturated rings. The van der Waals surface area contributed by atoms with Gasteiger partial charge in [0, 0.05) is 18.4 Å². The highest BCUT2D eigenvalue weighted by Crippen LogP contribution is 2.04. The Bertz CT molecular complexity index is 370. The summed E-state index contributed by atoms with van der Waals surface area (Å²) < 4.78 is 0. The maximum Gasteiger partial charge on any atom is 0.101 e. The molecule has 0 saturated heterocycles. The van der Waals surface area contributed by atoms with Crippen molar-refractivity contribution >= 4 is 30.9 Å². The minimum atomic E-state index is 0. The third-order valence-electron chi connectivity index (χ3n) is 1.71. The highest BCUT2D eigenvalue weighted by Gasteiger charge is 1.92. The predicted molar refractivity (Wildman–Crippen MR) is 70.7 cm³/mol. The molecule has 0 aromatic carbocycles. The highest BCUT2D eigenvalue weighted by molar-refractivity contribution is 5.85. The Balaban J connectivity index is 0. The second-order valence-corrected chi connectivity index (χ2v) is 3.23. The van der Waals surface area contributed by atoms with Gasteiger partial charge in [-0.25, -0.2) is 0 Å². The Morgan fingerprint density at radius 1 is 1.50 bits per heavy atom. The SMILES string of the molecule is C[C@H](N)C/C=C/c1cncc(C#N)c1.Cl.Cl. The van der Waals surface area contributed by atoms with Crippen LogP contribution in [0.2, 0.25) is 0 Å². The highest BCUT2D eigenvalue weighted by atomic mass is 35.5. The number of nitrogens with two attached hydrogens (primary N) is 1. The summed E-state index contributed by atoms with van der Waals surface area (Å²) in [5.74, 6) is 0. The van der Waals surface area contributed by atoms with E-state index in [0.29, 0.717) is 5.56 Å². The monoisotopic (exact) mass is 259 g/mol. The third kappa shape index (κ3) is 6.41. The number of rotatable bonds is 3. The van der Waals surface area contributed by atoms with E-state index in [9.17, 15) is 0 Å². The molecule has 1 rings (SSSR count). The molecular formula is C11H15Cl2N3. The van der Waals surface area contributed by atoms with E-state index in [2.05, 4.69) is 4.98 Å². The Morgan fingerprint density at radius 3 is 2.75 bits per heavy atom. The molecular weight excluding hydrogens is 245 g/mol. The number of nitriles is 1. The Labute approximate surface area is 108 Å². The normalized spacial score (nSPS) is 11.1. The summed E-state index contributed by atoms with van der Waals surface area (Å²) in [7, 11) is 0. The van der Waals surface area contributed by atoms with Crippen molar-refractivity contribution in [3.8, 4) is 6.07 Å². The molecule has 5 heteroatoms. The van der Waals surface area contributed by atoms with Crippen LogP contribution >= 0.6 is 24.8 Å². The first-order valence-electron chi connectivity index (χ1n) is 4.49. The van der Waals surface area contributed by atoms with Gasteiger partial charge in [-0.05, 0) is 25.0 Å². The molecule has 1 atom stereocenters. The number of pyridine rings is 1. The van der Waals surface area contributed by atoms with Gasteiger partial charge in [-0.3, -0.25) is 4.98 Å². The summed E-state index contributed by atoms with van der Waals surface area (Å²) in [5, 5.41) is 8.64. The summed E-state index contributed by atoms with van der Waals surface area (Å²) in [5.41, 5.74) is 7.11. The fourth-order valence-corrected chi connectivity index (χ4v) is 1.03. The van der Waals surface area contributed by atoms with Gasteiger partial charge in [0.2, 0.25) is 0 Å². The summed E-state index contributed by atoms with van der Waals surface area (Å²) >= 11 is 0. The lowest BCUT2D eigenvalue weighted by Crippen LogP contribution is -2.12. The largest absolute Gasteiger partial charge is 0.328 e. The molecule has 2 N–H and O–H groups in total. The van der Waals surface area contributed by atoms with Crippen molar-refractivity contribution in [1.82, 2.24) is 4.98 Å². The van der Waals surface area contributed by atoms with Crippen molar-refractivity contribution in [2.45, 2.75) is 19.4 Å². The van der Waals surface area contributed by atoms with Crippen LogP contribution in [0.25, 0.3) is 6.08 Å². The van der Waals surface area contributed by atoms with Gasteiger partial charge < -0.3 is 5.73 Å². The van der Waals surface area contributed by atoms with E-state index >= 15 is 0 Å². The minimum absolute atomic E-state index is 0. The fourth-order valence-electron chi connectivity index (χ4n) is 1.03. The van der Waals surface area contributed by atoms with Gasteiger partial charge in [0.15, 0.2) is 0 Å². The molecule has 1 heterocycles. The van der Waals surface area contributed by atoms with Gasteiger partial charge in [-0.15, -0.1) is 24.8 Å². The summed E-state index contributed by atoms with van der Waals surface area (Å²) in [4.78, 5) is 3.95. The van der Waals surface area contributed by atoms with E-state index in [0.717, 1.165) is 12.0 Å². The molecule has 88 valence electrons. The van der Waals surface area contributed by atoms with Crippen LogP contribution in [-0.2, 0) is 0 Å². The lowest BCUT2D eigenvalue weighted by atomic mass is 10.1. The van der Waals surface area contributed by atoms with E-state index < -0.39 is 0 Å². The van der Waals surface area contributed by atoms with Gasteiger partial charge in [-0.2, -0.15) is 5.26 Å². The van der Waals surface area contributed by atoms with Crippen LogP contribution in [0.1, 0.15) is 24.5 Å². The van der Waals surface area contributed by atoms with Crippen molar-refractivity contribution in [3.63, 3.8) is 0 Å². The molecule has 16 heavy (non-hydrogen) atoms. The van der Waals surface area contributed by atoms with Crippen molar-refractivity contribution in [2.24, 2.45) is 5.73 Å². The lowest BCUT2D eigenvalue weighted by Gasteiger charge is -1.97. The van der Waals surface area contributed by atoms with Crippen molar-refractivity contribution in [3.05, 3.63) is 35.7 Å². The molecule has 1 aromatic heterocycles. The smallest absolute Gasteiger partial charge is 0.101 e. The zero-order chi connectivity index (χ0) is 10.4. The first kappa shape index (κ1) is 17.3. The van der Waals surface area contributed by atoms with E-state index in [4.69, 9.17) is 11.0 Å². The maximum absolute atomic E-state index is 8.64. The summed E-state index contributed by atoms with van der Waals surface area (Å²) in [6.45, 7) is 1.95. The van der Waals surface area contributed by atoms with Crippen molar-refractivity contribution in [2.75, 3.05) is 0 Å². The zero-order valence-corrected chi connectivity index (χ0v) is 10.6. The molecule has 1 aromatic rings. The lowest BCUT2D eigenvalue weighted by molar-refractivity contribution is 0.759. The quantitative estimate of drug-likeness (QED) is 0.908. The molecule has 3 nitrogen and oxygen atoms in total. The van der Waals surface area contributed by atoms with Crippen LogP contribution < -0.4 is 5.73 Å². The standard InChI is InChI=1S/C11H13N3.2ClH/c1-9(13)3-2-4-10-5-11(6-12)8-14-7-10;;/h2,4-5,7-9H,3,13H2,1H3;2*1H/b4-2+;;/t9-;;/m0../s1. The Kier molecular flexibility index (Phi) is 9.92. The Morgan fingerprint density at radius 2 is 2.19 bits per heavy atom. The third-order valence-corrected chi connectivity index (χ3v) is 1.71. The number of aromatic nitrogens is 1. The first-order chi connectivity index (χ1) is 6.72. The van der Waals surface area contributed by atoms with Gasteiger partial charge in [-0.1, -0.05) is 12.2 Å². The van der Waals surface area contributed by atoms with Gasteiger partial charge in [0.1, 0.15) is 6.07 Å². The van der Waals surface area contributed by atoms with Crippen LogP contribution in [0.3, 0.4) is 0 Å². The molecule has 0 radical (unpaired) electrons. The van der Waals surface area contributed by atoms with Crippen molar-refractivity contribution < 1.29 is 0 Å². The van der Waals surface area contributed by atoms with Gasteiger partial charge >= 0.3 is 0 Å². The second kappa shape index (κ2) is 9.17. The van der Waals surface area contributed by atoms with Gasteiger partial charge in [0.05, 0.1) is 5.56 Å². The molecule has 0 aliphatic heterocycles. The summed E-state index contributed by atoms with van der Waals surface area (Å²) in [6, 6.07) is 4.01. The average molecular weight is 260 g/mol. The molecule has 0 spiro atoms. The molecule has 0 saturated carbocycles. The summed E-state index contributed by atoms with van der Waals surface area (Å²) in [6.07, 6.45) is 8.01. The Hall–Kier alpha value is -1.08. The molecule has 0 bridgehead atoms. The number of hydrogen-bond donors (Lipinski definition) is 1. The number of nitrogens with zero attached hydrogens (tertiary/aromatic N) is 2. The second-order valence-electron chi connectivity index (χ2n) is 3.23. The molecule has 0 unspecified atom stereocenters. The maximum atomic E-state index is 8.64.